The standard InChI is InChI=1S/C15H17F5O5S/c1-10-6-8-11(9-7-10)4-3-5-12(13(21)24-2)25-26(22,23)15(19,20)14(16,17)18/h6-9,12H,3-5H2,1-2H3. The highest BCUT2D eigenvalue weighted by molar-refractivity contribution is 7.87. The number of benzene rings is 1. The molecule has 1 rings (SSSR count). The van der Waals surface area contributed by atoms with Crippen LogP contribution in [-0.2, 0) is 30.3 Å². The zero-order chi connectivity index (χ0) is 20.2. The maximum absolute atomic E-state index is 13.1. The van der Waals surface area contributed by atoms with E-state index < -0.39 is 40.0 Å². The van der Waals surface area contributed by atoms with E-state index in [1.165, 1.54) is 0 Å². The molecule has 0 spiro atoms. The fourth-order valence-electron chi connectivity index (χ4n) is 1.94. The number of carbonyl (C=O) groups excluding carboxylic acids is 1. The second-order valence-electron chi connectivity index (χ2n) is 5.45. The van der Waals surface area contributed by atoms with E-state index in [-0.39, 0.29) is 6.42 Å². The van der Waals surface area contributed by atoms with Crippen LogP contribution >= 0.6 is 0 Å². The van der Waals surface area contributed by atoms with E-state index in [4.69, 9.17) is 0 Å². The summed E-state index contributed by atoms with van der Waals surface area (Å²) in [5.74, 6) is -1.37. The van der Waals surface area contributed by atoms with Gasteiger partial charge in [0.2, 0.25) is 0 Å². The first-order chi connectivity index (χ1) is 11.8. The molecule has 5 nitrogen and oxygen atoms in total. The van der Waals surface area contributed by atoms with Crippen molar-refractivity contribution >= 4 is 16.1 Å². The van der Waals surface area contributed by atoms with E-state index in [2.05, 4.69) is 8.92 Å². The molecule has 148 valence electrons. The van der Waals surface area contributed by atoms with E-state index >= 15 is 0 Å². The van der Waals surface area contributed by atoms with Gasteiger partial charge in [-0.2, -0.15) is 30.4 Å². The smallest absolute Gasteiger partial charge is 0.467 e. The molecule has 11 heteroatoms. The second kappa shape index (κ2) is 8.30. The fraction of sp³-hybridized carbons (Fsp3) is 0.533. The van der Waals surface area contributed by atoms with E-state index in [1.54, 1.807) is 24.3 Å². The minimum absolute atomic E-state index is 0.0932. The van der Waals surface area contributed by atoms with E-state index in [1.807, 2.05) is 6.92 Å². The van der Waals surface area contributed by atoms with Crippen molar-refractivity contribution < 1.29 is 44.1 Å². The number of alkyl halides is 5. The number of rotatable bonds is 8. The molecular weight excluding hydrogens is 387 g/mol. The molecule has 0 aliphatic heterocycles. The fourth-order valence-corrected chi connectivity index (χ4v) is 2.82. The molecule has 26 heavy (non-hydrogen) atoms. The molecule has 0 saturated heterocycles. The lowest BCUT2D eigenvalue weighted by atomic mass is 10.0. The largest absolute Gasteiger partial charge is 0.472 e. The Bertz CT molecular complexity index is 713. The van der Waals surface area contributed by atoms with Gasteiger partial charge in [0.05, 0.1) is 7.11 Å². The van der Waals surface area contributed by atoms with Crippen LogP contribution in [0.4, 0.5) is 22.0 Å². The van der Waals surface area contributed by atoms with Crippen LogP contribution in [0.1, 0.15) is 24.0 Å². The zero-order valence-electron chi connectivity index (χ0n) is 13.8. The van der Waals surface area contributed by atoms with Crippen molar-refractivity contribution in [1.82, 2.24) is 0 Å². The molecule has 0 radical (unpaired) electrons. The Labute approximate surface area is 147 Å². The molecule has 0 amide bonds. The summed E-state index contributed by atoms with van der Waals surface area (Å²) in [5, 5.41) is -6.15. The van der Waals surface area contributed by atoms with Crippen molar-refractivity contribution in [2.75, 3.05) is 7.11 Å². The van der Waals surface area contributed by atoms with Gasteiger partial charge >= 0.3 is 27.5 Å². The Kier molecular flexibility index (Phi) is 7.11. The minimum atomic E-state index is -6.43. The first-order valence-corrected chi connectivity index (χ1v) is 8.73. The highest BCUT2D eigenvalue weighted by Crippen LogP contribution is 2.41. The van der Waals surface area contributed by atoms with Crippen LogP contribution in [-0.4, -0.2) is 39.0 Å². The molecule has 0 bridgehead atoms. The summed E-state index contributed by atoms with van der Waals surface area (Å²) in [6.45, 7) is 1.86. The Morgan fingerprint density at radius 2 is 1.65 bits per heavy atom. The molecule has 1 aromatic rings. The van der Waals surface area contributed by atoms with Crippen molar-refractivity contribution in [2.45, 2.75) is 43.7 Å². The van der Waals surface area contributed by atoms with Gasteiger partial charge in [0.1, 0.15) is 0 Å². The molecule has 0 fully saturated rings. The molecule has 0 saturated carbocycles. The molecule has 0 heterocycles. The normalized spacial score (nSPS) is 14.1. The maximum atomic E-state index is 13.1. The van der Waals surface area contributed by atoms with Crippen LogP contribution < -0.4 is 0 Å². The third-order valence-electron chi connectivity index (χ3n) is 3.40. The highest BCUT2D eigenvalue weighted by Gasteiger charge is 2.69. The zero-order valence-corrected chi connectivity index (χ0v) is 14.7. The van der Waals surface area contributed by atoms with Gasteiger partial charge in [-0.1, -0.05) is 29.8 Å². The predicted molar refractivity (Wildman–Crippen MR) is 80.9 cm³/mol. The number of hydrogen-bond acceptors (Lipinski definition) is 5. The number of halogens is 5. The molecule has 0 N–H and O–H groups in total. The first kappa shape index (κ1) is 22.3. The van der Waals surface area contributed by atoms with E-state index in [9.17, 15) is 35.2 Å². The van der Waals surface area contributed by atoms with Crippen LogP contribution in [0, 0.1) is 6.92 Å². The Balaban J connectivity index is 2.84. The molecule has 0 aromatic heterocycles. The summed E-state index contributed by atoms with van der Waals surface area (Å²) in [5.41, 5.74) is 1.80. The van der Waals surface area contributed by atoms with Crippen molar-refractivity contribution in [3.05, 3.63) is 35.4 Å². The van der Waals surface area contributed by atoms with E-state index in [0.717, 1.165) is 18.2 Å². The first-order valence-electron chi connectivity index (χ1n) is 7.32. The van der Waals surface area contributed by atoms with Crippen molar-refractivity contribution in [3.8, 4) is 0 Å². The predicted octanol–water partition coefficient (Wildman–Crippen LogP) is 3.36. The lowest BCUT2D eigenvalue weighted by molar-refractivity contribution is -0.244. The maximum Gasteiger partial charge on any atom is 0.472 e. The van der Waals surface area contributed by atoms with Crippen LogP contribution in [0.5, 0.6) is 0 Å². The Hall–Kier alpha value is -1.75. The number of methoxy groups -OCH3 is 1. The number of ether oxygens (including phenoxy) is 1. The van der Waals surface area contributed by atoms with Gasteiger partial charge in [-0.25, -0.2) is 8.98 Å². The summed E-state index contributed by atoms with van der Waals surface area (Å²) in [4.78, 5) is 11.5. The molecular formula is C15H17F5O5S. The van der Waals surface area contributed by atoms with Gasteiger partial charge < -0.3 is 4.74 Å². The average Bonchev–Trinajstić information content (AvgIpc) is 2.53. The van der Waals surface area contributed by atoms with Gasteiger partial charge in [0.25, 0.3) is 0 Å². The van der Waals surface area contributed by atoms with Gasteiger partial charge in [-0.05, 0) is 31.7 Å². The molecule has 1 atom stereocenters. The van der Waals surface area contributed by atoms with E-state index in [0.29, 0.717) is 6.42 Å². The third kappa shape index (κ3) is 5.37. The monoisotopic (exact) mass is 404 g/mol. The molecule has 0 aliphatic carbocycles. The average molecular weight is 404 g/mol. The molecule has 0 aliphatic rings. The van der Waals surface area contributed by atoms with Gasteiger partial charge in [-0.3, -0.25) is 0 Å². The summed E-state index contributed by atoms with van der Waals surface area (Å²) in [6, 6.07) is 7.13. The third-order valence-corrected chi connectivity index (χ3v) is 4.75. The number of carbonyl (C=O) groups is 1. The number of esters is 1. The summed E-state index contributed by atoms with van der Waals surface area (Å²) in [6.07, 6.45) is -8.49. The lowest BCUT2D eigenvalue weighted by Gasteiger charge is -2.22. The number of hydrogen-bond donors (Lipinski definition) is 0. The SMILES string of the molecule is COC(=O)C(CCCc1ccc(C)cc1)OS(=O)(=O)C(F)(F)C(F)(F)F. The van der Waals surface area contributed by atoms with Crippen LogP contribution in [0.3, 0.4) is 0 Å². The molecule has 1 aromatic carbocycles. The Morgan fingerprint density at radius 3 is 2.12 bits per heavy atom. The second-order valence-corrected chi connectivity index (χ2v) is 7.07. The summed E-state index contributed by atoms with van der Waals surface area (Å²) >= 11 is 0. The summed E-state index contributed by atoms with van der Waals surface area (Å²) in [7, 11) is -5.61. The highest BCUT2D eigenvalue weighted by atomic mass is 32.2. The van der Waals surface area contributed by atoms with Crippen molar-refractivity contribution in [3.63, 3.8) is 0 Å². The van der Waals surface area contributed by atoms with Gasteiger partial charge in [-0.15, -0.1) is 0 Å². The summed E-state index contributed by atoms with van der Waals surface area (Å²) < 4.78 is 93.6. The topological polar surface area (TPSA) is 69.7 Å². The van der Waals surface area contributed by atoms with Crippen molar-refractivity contribution in [1.29, 1.82) is 0 Å². The van der Waals surface area contributed by atoms with Crippen molar-refractivity contribution in [2.24, 2.45) is 0 Å². The van der Waals surface area contributed by atoms with Crippen LogP contribution in [0.2, 0.25) is 0 Å². The Morgan fingerprint density at radius 1 is 1.12 bits per heavy atom. The quantitative estimate of drug-likeness (QED) is 0.378. The number of aryl methyl sites for hydroxylation is 2. The van der Waals surface area contributed by atoms with Crippen LogP contribution in [0.15, 0.2) is 24.3 Å². The molecule has 1 unspecified atom stereocenters. The minimum Gasteiger partial charge on any atom is -0.467 e. The van der Waals surface area contributed by atoms with Crippen LogP contribution in [0.25, 0.3) is 0 Å². The lowest BCUT2D eigenvalue weighted by Crippen LogP contribution is -2.47. The van der Waals surface area contributed by atoms with Gasteiger partial charge in [0, 0.05) is 0 Å². The van der Waals surface area contributed by atoms with Gasteiger partial charge in [0.15, 0.2) is 6.10 Å².